The molecular formula is C10H17N3O2. The van der Waals surface area contributed by atoms with Crippen LogP contribution in [0.4, 0.5) is 5.69 Å². The molecule has 0 amide bonds. The number of nitrogen functional groups attached to an aromatic ring is 1. The molecule has 84 valence electrons. The summed E-state index contributed by atoms with van der Waals surface area (Å²) in [4.78, 5) is 7.87. The second-order valence-electron chi connectivity index (χ2n) is 3.03. The predicted octanol–water partition coefficient (Wildman–Crippen LogP) is 1.64. The van der Waals surface area contributed by atoms with Crippen LogP contribution in [0.5, 0.6) is 11.8 Å². The van der Waals surface area contributed by atoms with E-state index in [4.69, 9.17) is 15.2 Å². The molecule has 1 rings (SSSR count). The van der Waals surface area contributed by atoms with Crippen molar-refractivity contribution in [1.82, 2.24) is 9.97 Å². The van der Waals surface area contributed by atoms with Crippen molar-refractivity contribution in [3.8, 4) is 11.8 Å². The summed E-state index contributed by atoms with van der Waals surface area (Å²) in [6.45, 7) is 5.11. The molecule has 0 aliphatic carbocycles. The van der Waals surface area contributed by atoms with E-state index < -0.39 is 0 Å². The van der Waals surface area contributed by atoms with Crippen LogP contribution in [0.15, 0.2) is 6.33 Å². The Balaban J connectivity index is 2.66. The number of unbranched alkanes of at least 4 members (excludes halogenated alkanes) is 1. The SMILES string of the molecule is CCCCOc1ncnc(OCC)c1N. The second kappa shape index (κ2) is 6.06. The molecule has 0 bridgehead atoms. The van der Waals surface area contributed by atoms with Crippen molar-refractivity contribution < 1.29 is 9.47 Å². The van der Waals surface area contributed by atoms with Crippen LogP contribution in [-0.4, -0.2) is 23.2 Å². The molecule has 0 aromatic carbocycles. The highest BCUT2D eigenvalue weighted by Crippen LogP contribution is 2.26. The summed E-state index contributed by atoms with van der Waals surface area (Å²) in [5.41, 5.74) is 6.15. The fourth-order valence-electron chi connectivity index (χ4n) is 1.04. The number of hydrogen-bond acceptors (Lipinski definition) is 5. The molecule has 0 unspecified atom stereocenters. The van der Waals surface area contributed by atoms with E-state index in [2.05, 4.69) is 16.9 Å². The van der Waals surface area contributed by atoms with Gasteiger partial charge in [0.25, 0.3) is 0 Å². The summed E-state index contributed by atoms with van der Waals surface area (Å²) >= 11 is 0. The molecule has 0 saturated carbocycles. The molecule has 0 atom stereocenters. The van der Waals surface area contributed by atoms with E-state index in [0.29, 0.717) is 30.7 Å². The van der Waals surface area contributed by atoms with Gasteiger partial charge in [-0.15, -0.1) is 0 Å². The van der Waals surface area contributed by atoms with E-state index in [1.54, 1.807) is 0 Å². The largest absolute Gasteiger partial charge is 0.476 e. The summed E-state index contributed by atoms with van der Waals surface area (Å²) in [5, 5.41) is 0. The molecule has 1 heterocycles. The molecule has 0 radical (unpaired) electrons. The molecule has 0 saturated heterocycles. The van der Waals surface area contributed by atoms with Gasteiger partial charge in [-0.3, -0.25) is 0 Å². The summed E-state index contributed by atoms with van der Waals surface area (Å²) in [6, 6.07) is 0. The lowest BCUT2D eigenvalue weighted by molar-refractivity contribution is 0.290. The van der Waals surface area contributed by atoms with E-state index in [1.165, 1.54) is 6.33 Å². The zero-order valence-electron chi connectivity index (χ0n) is 9.19. The van der Waals surface area contributed by atoms with Gasteiger partial charge in [-0.05, 0) is 13.3 Å². The van der Waals surface area contributed by atoms with Gasteiger partial charge in [-0.2, -0.15) is 9.97 Å². The summed E-state index contributed by atoms with van der Waals surface area (Å²) < 4.78 is 10.6. The Labute approximate surface area is 89.6 Å². The first-order chi connectivity index (χ1) is 7.29. The zero-order valence-corrected chi connectivity index (χ0v) is 9.19. The molecule has 5 heteroatoms. The van der Waals surface area contributed by atoms with Gasteiger partial charge in [-0.1, -0.05) is 13.3 Å². The van der Waals surface area contributed by atoms with Gasteiger partial charge in [0.05, 0.1) is 13.2 Å². The van der Waals surface area contributed by atoms with E-state index in [1.807, 2.05) is 6.92 Å². The van der Waals surface area contributed by atoms with E-state index in [0.717, 1.165) is 12.8 Å². The maximum atomic E-state index is 5.78. The number of nitrogens with zero attached hydrogens (tertiary/aromatic N) is 2. The summed E-state index contributed by atoms with van der Waals surface area (Å²) in [6.07, 6.45) is 3.44. The molecule has 2 N–H and O–H groups in total. The first kappa shape index (κ1) is 11.6. The van der Waals surface area contributed by atoms with Gasteiger partial charge in [0.1, 0.15) is 6.33 Å². The maximum absolute atomic E-state index is 5.78. The van der Waals surface area contributed by atoms with Crippen LogP contribution in [0.1, 0.15) is 26.7 Å². The first-order valence-corrected chi connectivity index (χ1v) is 5.15. The Morgan fingerprint density at radius 1 is 1.20 bits per heavy atom. The van der Waals surface area contributed by atoms with Crippen LogP contribution in [0.3, 0.4) is 0 Å². The van der Waals surface area contributed by atoms with Gasteiger partial charge in [0, 0.05) is 0 Å². The average molecular weight is 211 g/mol. The summed E-state index contributed by atoms with van der Waals surface area (Å²) in [7, 11) is 0. The van der Waals surface area contributed by atoms with Crippen molar-refractivity contribution in [2.75, 3.05) is 18.9 Å². The van der Waals surface area contributed by atoms with Crippen LogP contribution in [0.2, 0.25) is 0 Å². The average Bonchev–Trinajstić information content (AvgIpc) is 2.24. The van der Waals surface area contributed by atoms with Crippen molar-refractivity contribution in [3.05, 3.63) is 6.33 Å². The monoisotopic (exact) mass is 211 g/mol. The Kier molecular flexibility index (Phi) is 4.66. The van der Waals surface area contributed by atoms with E-state index in [9.17, 15) is 0 Å². The fraction of sp³-hybridized carbons (Fsp3) is 0.600. The van der Waals surface area contributed by atoms with E-state index >= 15 is 0 Å². The highest BCUT2D eigenvalue weighted by Gasteiger charge is 2.09. The normalized spacial score (nSPS) is 10.0. The lowest BCUT2D eigenvalue weighted by Crippen LogP contribution is -2.06. The van der Waals surface area contributed by atoms with Gasteiger partial charge in [-0.25, -0.2) is 0 Å². The lowest BCUT2D eigenvalue weighted by atomic mass is 10.4. The lowest BCUT2D eigenvalue weighted by Gasteiger charge is -2.09. The van der Waals surface area contributed by atoms with Crippen molar-refractivity contribution in [3.63, 3.8) is 0 Å². The van der Waals surface area contributed by atoms with Crippen LogP contribution >= 0.6 is 0 Å². The van der Waals surface area contributed by atoms with Gasteiger partial charge in [0.2, 0.25) is 11.8 Å². The molecule has 0 aliphatic heterocycles. The van der Waals surface area contributed by atoms with Gasteiger partial charge in [0.15, 0.2) is 5.69 Å². The molecule has 0 spiro atoms. The smallest absolute Gasteiger partial charge is 0.244 e. The number of ether oxygens (including phenoxy) is 2. The van der Waals surface area contributed by atoms with Crippen molar-refractivity contribution >= 4 is 5.69 Å². The van der Waals surface area contributed by atoms with Gasteiger partial charge < -0.3 is 15.2 Å². The molecule has 5 nitrogen and oxygen atoms in total. The minimum Gasteiger partial charge on any atom is -0.476 e. The fourth-order valence-corrected chi connectivity index (χ4v) is 1.04. The molecule has 0 fully saturated rings. The molecular weight excluding hydrogens is 194 g/mol. The van der Waals surface area contributed by atoms with Crippen molar-refractivity contribution in [2.45, 2.75) is 26.7 Å². The topological polar surface area (TPSA) is 70.3 Å². The van der Waals surface area contributed by atoms with Crippen LogP contribution in [0.25, 0.3) is 0 Å². The van der Waals surface area contributed by atoms with Crippen LogP contribution in [0, 0.1) is 0 Å². The predicted molar refractivity (Wildman–Crippen MR) is 58.0 cm³/mol. The molecule has 1 aromatic rings. The number of rotatable bonds is 6. The molecule has 15 heavy (non-hydrogen) atoms. The maximum Gasteiger partial charge on any atom is 0.244 e. The number of hydrogen-bond donors (Lipinski definition) is 1. The Morgan fingerprint density at radius 2 is 1.87 bits per heavy atom. The molecule has 1 aromatic heterocycles. The minimum absolute atomic E-state index is 0.371. The number of anilines is 1. The Bertz CT molecular complexity index is 305. The quantitative estimate of drug-likeness (QED) is 0.724. The third-order valence-corrected chi connectivity index (χ3v) is 1.83. The van der Waals surface area contributed by atoms with Crippen LogP contribution in [-0.2, 0) is 0 Å². The highest BCUT2D eigenvalue weighted by molar-refractivity contribution is 5.55. The number of aromatic nitrogens is 2. The standard InChI is InChI=1S/C10H17N3O2/c1-3-5-6-15-10-8(11)9(14-4-2)12-7-13-10/h7H,3-6,11H2,1-2H3. The third-order valence-electron chi connectivity index (χ3n) is 1.83. The molecule has 0 aliphatic rings. The van der Waals surface area contributed by atoms with Crippen molar-refractivity contribution in [1.29, 1.82) is 0 Å². The van der Waals surface area contributed by atoms with E-state index in [-0.39, 0.29) is 0 Å². The summed E-state index contributed by atoms with van der Waals surface area (Å²) in [5.74, 6) is 0.792. The second-order valence-corrected chi connectivity index (χ2v) is 3.03. The van der Waals surface area contributed by atoms with Crippen molar-refractivity contribution in [2.24, 2.45) is 0 Å². The highest BCUT2D eigenvalue weighted by atomic mass is 16.5. The van der Waals surface area contributed by atoms with Gasteiger partial charge >= 0.3 is 0 Å². The van der Waals surface area contributed by atoms with Crippen LogP contribution < -0.4 is 15.2 Å². The Hall–Kier alpha value is -1.52. The Morgan fingerprint density at radius 3 is 2.47 bits per heavy atom. The first-order valence-electron chi connectivity index (χ1n) is 5.15. The minimum atomic E-state index is 0.371. The number of nitrogens with two attached hydrogens (primary N) is 1. The zero-order chi connectivity index (χ0) is 11.1. The third kappa shape index (κ3) is 3.27.